The smallest absolute Gasteiger partial charge is 0.252 e. The van der Waals surface area contributed by atoms with Gasteiger partial charge in [0.2, 0.25) is 0 Å². The predicted molar refractivity (Wildman–Crippen MR) is 69.1 cm³/mol. The highest BCUT2D eigenvalue weighted by Crippen LogP contribution is 2.68. The molecule has 0 radical (unpaired) electrons. The highest BCUT2D eigenvalue weighted by molar-refractivity contribution is 5.34. The average molecular weight is 235 g/mol. The number of H-pyrrole nitrogens is 1. The van der Waals surface area contributed by atoms with E-state index >= 15 is 0 Å². The van der Waals surface area contributed by atoms with E-state index in [1.165, 1.54) is 6.07 Å². The zero-order valence-corrected chi connectivity index (χ0v) is 11.2. The van der Waals surface area contributed by atoms with E-state index in [4.69, 9.17) is 0 Å². The van der Waals surface area contributed by atoms with Gasteiger partial charge in [0.25, 0.3) is 5.56 Å². The fraction of sp³-hybridized carbons (Fsp3) is 0.692. The Labute approximate surface area is 102 Å². The Hall–Kier alpha value is -1.32. The normalized spacial score (nSPS) is 21.2. The van der Waals surface area contributed by atoms with Crippen molar-refractivity contribution in [2.24, 2.45) is 16.7 Å². The molecule has 1 heterocycles. The molecule has 1 saturated carbocycles. The van der Waals surface area contributed by atoms with Gasteiger partial charge < -0.3 is 10.3 Å². The SMILES string of the molecule is Cc1nc(NCC2C(C)(C)C2(C)C)cc(=O)[nH]1. The summed E-state index contributed by atoms with van der Waals surface area (Å²) >= 11 is 0. The molecule has 1 aromatic rings. The van der Waals surface area contributed by atoms with E-state index in [1.807, 2.05) is 0 Å². The molecular weight excluding hydrogens is 214 g/mol. The number of aromatic nitrogens is 2. The highest BCUT2D eigenvalue weighted by Gasteiger charge is 2.64. The Morgan fingerprint density at radius 1 is 1.35 bits per heavy atom. The van der Waals surface area contributed by atoms with Crippen molar-refractivity contribution in [3.8, 4) is 0 Å². The van der Waals surface area contributed by atoms with Crippen LogP contribution in [0.5, 0.6) is 0 Å². The van der Waals surface area contributed by atoms with Crippen LogP contribution in [0.1, 0.15) is 33.5 Å². The number of rotatable bonds is 3. The fourth-order valence-corrected chi connectivity index (χ4v) is 2.72. The van der Waals surface area contributed by atoms with Gasteiger partial charge in [-0.2, -0.15) is 0 Å². The Balaban J connectivity index is 2.03. The van der Waals surface area contributed by atoms with Gasteiger partial charge in [-0.25, -0.2) is 4.98 Å². The summed E-state index contributed by atoms with van der Waals surface area (Å²) in [5.74, 6) is 1.94. The summed E-state index contributed by atoms with van der Waals surface area (Å²) in [4.78, 5) is 18.2. The zero-order chi connectivity index (χ0) is 12.8. The second kappa shape index (κ2) is 3.59. The molecule has 1 aromatic heterocycles. The molecule has 0 spiro atoms. The van der Waals surface area contributed by atoms with Crippen LogP contribution < -0.4 is 10.9 Å². The van der Waals surface area contributed by atoms with Crippen molar-refractivity contribution in [3.05, 3.63) is 22.2 Å². The summed E-state index contributed by atoms with van der Waals surface area (Å²) < 4.78 is 0. The van der Waals surface area contributed by atoms with E-state index in [0.717, 1.165) is 6.54 Å². The topological polar surface area (TPSA) is 57.8 Å². The minimum atomic E-state index is -0.102. The molecule has 4 heteroatoms. The van der Waals surface area contributed by atoms with Gasteiger partial charge in [-0.3, -0.25) is 4.79 Å². The third-order valence-electron chi connectivity index (χ3n) is 4.67. The number of hydrogen-bond acceptors (Lipinski definition) is 3. The van der Waals surface area contributed by atoms with Crippen LogP contribution in [-0.2, 0) is 0 Å². The summed E-state index contributed by atoms with van der Waals surface area (Å²) in [5, 5.41) is 3.27. The third-order valence-corrected chi connectivity index (χ3v) is 4.67. The van der Waals surface area contributed by atoms with Crippen molar-refractivity contribution in [2.75, 3.05) is 11.9 Å². The first kappa shape index (κ1) is 12.1. The standard InChI is InChI=1S/C13H21N3O/c1-8-15-10(6-11(17)16-8)14-7-9-12(2,3)13(9,4)5/h6,9H,7H2,1-5H3,(H2,14,15,16,17). The molecule has 0 bridgehead atoms. The van der Waals surface area contributed by atoms with Crippen molar-refractivity contribution < 1.29 is 0 Å². The molecule has 1 aliphatic rings. The van der Waals surface area contributed by atoms with Crippen LogP contribution in [0.25, 0.3) is 0 Å². The molecule has 0 atom stereocenters. The van der Waals surface area contributed by atoms with E-state index in [9.17, 15) is 4.79 Å². The minimum absolute atomic E-state index is 0.102. The van der Waals surface area contributed by atoms with Gasteiger partial charge >= 0.3 is 0 Å². The van der Waals surface area contributed by atoms with Crippen LogP contribution in [0, 0.1) is 23.7 Å². The van der Waals surface area contributed by atoms with Crippen molar-refractivity contribution in [1.29, 1.82) is 0 Å². The first-order chi connectivity index (χ1) is 7.75. The van der Waals surface area contributed by atoms with Crippen LogP contribution in [0.3, 0.4) is 0 Å². The average Bonchev–Trinajstić information content (AvgIpc) is 2.53. The molecule has 17 heavy (non-hydrogen) atoms. The number of aromatic amines is 1. The third kappa shape index (κ3) is 1.96. The molecule has 0 amide bonds. The van der Waals surface area contributed by atoms with Crippen LogP contribution in [0.4, 0.5) is 5.82 Å². The highest BCUT2D eigenvalue weighted by atomic mass is 16.1. The first-order valence-corrected chi connectivity index (χ1v) is 6.07. The lowest BCUT2D eigenvalue weighted by Gasteiger charge is -2.06. The number of aryl methyl sites for hydroxylation is 1. The maximum atomic E-state index is 11.3. The van der Waals surface area contributed by atoms with E-state index in [2.05, 4.69) is 43.0 Å². The zero-order valence-electron chi connectivity index (χ0n) is 11.2. The molecule has 0 aliphatic heterocycles. The molecular formula is C13H21N3O. The summed E-state index contributed by atoms with van der Waals surface area (Å²) in [6, 6.07) is 1.51. The summed E-state index contributed by atoms with van der Waals surface area (Å²) in [6.07, 6.45) is 0. The molecule has 0 unspecified atom stereocenters. The first-order valence-electron chi connectivity index (χ1n) is 6.07. The van der Waals surface area contributed by atoms with Crippen molar-refractivity contribution in [2.45, 2.75) is 34.6 Å². The predicted octanol–water partition coefficient (Wildman–Crippen LogP) is 2.17. The van der Waals surface area contributed by atoms with Crippen molar-refractivity contribution in [1.82, 2.24) is 9.97 Å². The molecule has 1 fully saturated rings. The fourth-order valence-electron chi connectivity index (χ4n) is 2.72. The Kier molecular flexibility index (Phi) is 2.56. The molecule has 2 N–H and O–H groups in total. The number of nitrogens with zero attached hydrogens (tertiary/aromatic N) is 1. The number of nitrogens with one attached hydrogen (secondary N) is 2. The van der Waals surface area contributed by atoms with E-state index in [0.29, 0.717) is 28.4 Å². The lowest BCUT2D eigenvalue weighted by Crippen LogP contribution is -2.14. The second-order valence-electron chi connectivity index (χ2n) is 6.09. The van der Waals surface area contributed by atoms with Gasteiger partial charge in [0.1, 0.15) is 11.6 Å². The van der Waals surface area contributed by atoms with Crippen LogP contribution in [-0.4, -0.2) is 16.5 Å². The largest absolute Gasteiger partial charge is 0.370 e. The summed E-state index contributed by atoms with van der Waals surface area (Å²) in [7, 11) is 0. The van der Waals surface area contributed by atoms with Gasteiger partial charge in [-0.1, -0.05) is 27.7 Å². The lowest BCUT2D eigenvalue weighted by atomic mass is 10.0. The molecule has 94 valence electrons. The Morgan fingerprint density at radius 3 is 2.41 bits per heavy atom. The van der Waals surface area contributed by atoms with Gasteiger partial charge in [0.15, 0.2) is 0 Å². The lowest BCUT2D eigenvalue weighted by molar-refractivity contribution is 0.457. The molecule has 0 saturated heterocycles. The van der Waals surface area contributed by atoms with Crippen LogP contribution in [0.15, 0.2) is 10.9 Å². The van der Waals surface area contributed by atoms with Crippen LogP contribution >= 0.6 is 0 Å². The molecule has 1 aliphatic carbocycles. The van der Waals surface area contributed by atoms with Crippen molar-refractivity contribution >= 4 is 5.82 Å². The van der Waals surface area contributed by atoms with Crippen LogP contribution in [0.2, 0.25) is 0 Å². The number of hydrogen-bond donors (Lipinski definition) is 2. The Bertz CT molecular complexity index is 474. The van der Waals surface area contributed by atoms with Gasteiger partial charge in [0.05, 0.1) is 0 Å². The maximum absolute atomic E-state index is 11.3. The van der Waals surface area contributed by atoms with Gasteiger partial charge in [-0.15, -0.1) is 0 Å². The maximum Gasteiger partial charge on any atom is 0.252 e. The summed E-state index contributed by atoms with van der Waals surface area (Å²) in [6.45, 7) is 11.8. The molecule has 2 rings (SSSR count). The van der Waals surface area contributed by atoms with Crippen molar-refractivity contribution in [3.63, 3.8) is 0 Å². The quantitative estimate of drug-likeness (QED) is 0.844. The van der Waals surface area contributed by atoms with E-state index in [-0.39, 0.29) is 5.56 Å². The van der Waals surface area contributed by atoms with E-state index in [1.54, 1.807) is 6.92 Å². The summed E-state index contributed by atoms with van der Waals surface area (Å²) in [5.41, 5.74) is 0.612. The monoisotopic (exact) mass is 235 g/mol. The van der Waals surface area contributed by atoms with Gasteiger partial charge in [-0.05, 0) is 23.7 Å². The second-order valence-corrected chi connectivity index (χ2v) is 6.09. The molecule has 4 nitrogen and oxygen atoms in total. The molecule has 0 aromatic carbocycles. The minimum Gasteiger partial charge on any atom is -0.370 e. The van der Waals surface area contributed by atoms with Gasteiger partial charge in [0, 0.05) is 12.6 Å². The van der Waals surface area contributed by atoms with E-state index < -0.39 is 0 Å². The number of anilines is 1. The Morgan fingerprint density at radius 2 is 1.94 bits per heavy atom.